The third-order valence-corrected chi connectivity index (χ3v) is 5.89. The molecule has 1 unspecified atom stereocenters. The number of rotatable bonds is 3. The number of halogens is 1. The van der Waals surface area contributed by atoms with Gasteiger partial charge in [-0.3, -0.25) is 4.98 Å². The molecule has 0 saturated carbocycles. The van der Waals surface area contributed by atoms with Crippen LogP contribution in [0.1, 0.15) is 19.4 Å². The van der Waals surface area contributed by atoms with Gasteiger partial charge in [-0.25, -0.2) is 9.37 Å². The Balaban J connectivity index is 1.59. The standard InChI is InChI=1S/C24H26FN7/c1-16(2)22-14-31(23-13-27-20-8-4-5-9-21(20)29-23)11-12-32(22)24(28-15-26)30-19-10-6-7-18(25)17(19)3/h4-10,13,16,22H,11-12,14H2,1-3H3,(H,28,30). The van der Waals surface area contributed by atoms with Crippen LogP contribution < -0.4 is 10.2 Å². The molecule has 0 radical (unpaired) electrons. The number of anilines is 2. The van der Waals surface area contributed by atoms with Gasteiger partial charge >= 0.3 is 0 Å². The Hall–Kier alpha value is -3.73. The molecule has 1 fully saturated rings. The highest BCUT2D eigenvalue weighted by atomic mass is 19.1. The second-order valence-electron chi connectivity index (χ2n) is 8.24. The lowest BCUT2D eigenvalue weighted by Gasteiger charge is -2.45. The maximum atomic E-state index is 14.0. The Bertz CT molecular complexity index is 1180. The summed E-state index contributed by atoms with van der Waals surface area (Å²) in [6, 6.07) is 12.7. The lowest BCUT2D eigenvalue weighted by atomic mass is 9.99. The monoisotopic (exact) mass is 431 g/mol. The highest BCUT2D eigenvalue weighted by Gasteiger charge is 2.32. The summed E-state index contributed by atoms with van der Waals surface area (Å²) in [4.78, 5) is 17.7. The Labute approximate surface area is 187 Å². The van der Waals surface area contributed by atoms with Crippen LogP contribution in [0.15, 0.2) is 53.7 Å². The van der Waals surface area contributed by atoms with Gasteiger partial charge in [-0.05, 0) is 37.1 Å². The Morgan fingerprint density at radius 1 is 1.19 bits per heavy atom. The average Bonchev–Trinajstić information content (AvgIpc) is 2.81. The van der Waals surface area contributed by atoms with Gasteiger partial charge in [-0.1, -0.05) is 32.0 Å². The van der Waals surface area contributed by atoms with Crippen molar-refractivity contribution < 1.29 is 4.39 Å². The predicted octanol–water partition coefficient (Wildman–Crippen LogP) is 4.17. The minimum atomic E-state index is -0.300. The second kappa shape index (κ2) is 9.18. The van der Waals surface area contributed by atoms with Gasteiger partial charge in [0.15, 0.2) is 0 Å². The van der Waals surface area contributed by atoms with Crippen molar-refractivity contribution in [1.82, 2.24) is 14.9 Å². The predicted molar refractivity (Wildman–Crippen MR) is 125 cm³/mol. The smallest absolute Gasteiger partial charge is 0.214 e. The van der Waals surface area contributed by atoms with Gasteiger partial charge < -0.3 is 15.1 Å². The van der Waals surface area contributed by atoms with E-state index in [1.165, 1.54) is 6.07 Å². The van der Waals surface area contributed by atoms with Gasteiger partial charge in [0.05, 0.1) is 23.3 Å². The van der Waals surface area contributed by atoms with E-state index in [0.717, 1.165) is 16.9 Å². The summed E-state index contributed by atoms with van der Waals surface area (Å²) in [5, 5.41) is 12.5. The molecule has 1 saturated heterocycles. The van der Waals surface area contributed by atoms with Crippen molar-refractivity contribution in [2.24, 2.45) is 10.9 Å². The largest absolute Gasteiger partial charge is 0.351 e. The first-order valence-electron chi connectivity index (χ1n) is 10.7. The summed E-state index contributed by atoms with van der Waals surface area (Å²) in [6.45, 7) is 8.04. The van der Waals surface area contributed by atoms with Gasteiger partial charge in [-0.15, -0.1) is 4.99 Å². The van der Waals surface area contributed by atoms with Gasteiger partial charge in [0.2, 0.25) is 12.2 Å². The van der Waals surface area contributed by atoms with Gasteiger partial charge in [0.25, 0.3) is 0 Å². The molecule has 1 aliphatic heterocycles. The van der Waals surface area contributed by atoms with E-state index < -0.39 is 0 Å². The first-order chi connectivity index (χ1) is 15.5. The van der Waals surface area contributed by atoms with Crippen LogP contribution in [-0.2, 0) is 0 Å². The number of aromatic nitrogens is 2. The van der Waals surface area contributed by atoms with E-state index in [4.69, 9.17) is 4.98 Å². The topological polar surface area (TPSA) is 80.4 Å². The van der Waals surface area contributed by atoms with E-state index >= 15 is 0 Å². The van der Waals surface area contributed by atoms with Crippen molar-refractivity contribution in [3.63, 3.8) is 0 Å². The zero-order valence-corrected chi connectivity index (χ0v) is 18.5. The SMILES string of the molecule is Cc1c(F)cccc1N/C(=N/C#N)N1CCN(c2cnc3ccccc3n2)CC1C(C)C. The van der Waals surface area contributed by atoms with E-state index in [1.807, 2.05) is 36.7 Å². The molecule has 0 bridgehead atoms. The third kappa shape index (κ3) is 4.33. The molecule has 7 nitrogen and oxygen atoms in total. The van der Waals surface area contributed by atoms with Crippen molar-refractivity contribution in [2.45, 2.75) is 26.8 Å². The minimum absolute atomic E-state index is 0.0745. The number of nitriles is 1. The number of aliphatic imine (C=N–C) groups is 1. The molecule has 0 amide bonds. The maximum Gasteiger partial charge on any atom is 0.214 e. The number of para-hydroxylation sites is 2. The molecular formula is C24H26FN7. The number of piperazine rings is 1. The maximum absolute atomic E-state index is 14.0. The summed E-state index contributed by atoms with van der Waals surface area (Å²) in [5.41, 5.74) is 2.82. The van der Waals surface area contributed by atoms with Crippen molar-refractivity contribution >= 4 is 28.5 Å². The van der Waals surface area contributed by atoms with Crippen LogP contribution in [0.2, 0.25) is 0 Å². The van der Waals surface area contributed by atoms with Crippen LogP contribution in [0.5, 0.6) is 0 Å². The summed E-state index contributed by atoms with van der Waals surface area (Å²) >= 11 is 0. The quantitative estimate of drug-likeness (QED) is 0.381. The summed E-state index contributed by atoms with van der Waals surface area (Å²) in [7, 11) is 0. The number of guanidine groups is 1. The van der Waals surface area contributed by atoms with E-state index in [0.29, 0.717) is 36.8 Å². The summed E-state index contributed by atoms with van der Waals surface area (Å²) in [5.74, 6) is 1.25. The second-order valence-corrected chi connectivity index (χ2v) is 8.24. The molecule has 1 aromatic heterocycles. The molecule has 1 atom stereocenters. The average molecular weight is 432 g/mol. The van der Waals surface area contributed by atoms with Crippen molar-refractivity contribution in [1.29, 1.82) is 5.26 Å². The number of hydrogen-bond donors (Lipinski definition) is 1. The first kappa shape index (κ1) is 21.5. The van der Waals surface area contributed by atoms with Gasteiger partial charge in [0, 0.05) is 30.9 Å². The molecule has 2 heterocycles. The zero-order valence-electron chi connectivity index (χ0n) is 18.5. The summed E-state index contributed by atoms with van der Waals surface area (Å²) < 4.78 is 14.0. The number of benzene rings is 2. The Morgan fingerprint density at radius 2 is 1.97 bits per heavy atom. The molecule has 0 aliphatic carbocycles. The van der Waals surface area contributed by atoms with Gasteiger partial charge in [-0.2, -0.15) is 5.26 Å². The minimum Gasteiger partial charge on any atom is -0.351 e. The van der Waals surface area contributed by atoms with Crippen molar-refractivity contribution in [2.75, 3.05) is 29.9 Å². The zero-order chi connectivity index (χ0) is 22.7. The van der Waals surface area contributed by atoms with Crippen LogP contribution in [0.3, 0.4) is 0 Å². The van der Waals surface area contributed by atoms with Crippen LogP contribution in [0.4, 0.5) is 15.9 Å². The molecule has 4 rings (SSSR count). The number of nitrogens with zero attached hydrogens (tertiary/aromatic N) is 6. The fourth-order valence-corrected chi connectivity index (χ4v) is 4.03. The Kier molecular flexibility index (Phi) is 6.17. The lowest BCUT2D eigenvalue weighted by molar-refractivity contribution is 0.224. The van der Waals surface area contributed by atoms with Crippen LogP contribution in [0.25, 0.3) is 11.0 Å². The van der Waals surface area contributed by atoms with Crippen LogP contribution >= 0.6 is 0 Å². The highest BCUT2D eigenvalue weighted by Crippen LogP contribution is 2.25. The molecule has 1 N–H and O–H groups in total. The number of fused-ring (bicyclic) bond motifs is 1. The molecule has 0 spiro atoms. The molecule has 3 aromatic rings. The van der Waals surface area contributed by atoms with E-state index in [-0.39, 0.29) is 17.8 Å². The molecule has 2 aromatic carbocycles. The third-order valence-electron chi connectivity index (χ3n) is 5.89. The number of hydrogen-bond acceptors (Lipinski definition) is 5. The molecule has 32 heavy (non-hydrogen) atoms. The van der Waals surface area contributed by atoms with Crippen molar-refractivity contribution in [3.8, 4) is 6.19 Å². The molecule has 164 valence electrons. The first-order valence-corrected chi connectivity index (χ1v) is 10.7. The normalized spacial score (nSPS) is 17.0. The van der Waals surface area contributed by atoms with Crippen LogP contribution in [-0.4, -0.2) is 46.5 Å². The van der Waals surface area contributed by atoms with E-state index in [1.54, 1.807) is 19.1 Å². The van der Waals surface area contributed by atoms with Crippen LogP contribution in [0, 0.1) is 30.1 Å². The molecular weight excluding hydrogens is 405 g/mol. The number of nitrogens with one attached hydrogen (secondary N) is 1. The van der Waals surface area contributed by atoms with Crippen molar-refractivity contribution in [3.05, 3.63) is 60.0 Å². The lowest BCUT2D eigenvalue weighted by Crippen LogP contribution is -2.58. The van der Waals surface area contributed by atoms with E-state index in [9.17, 15) is 9.65 Å². The fourth-order valence-electron chi connectivity index (χ4n) is 4.03. The molecule has 8 heteroatoms. The Morgan fingerprint density at radius 3 is 2.72 bits per heavy atom. The highest BCUT2D eigenvalue weighted by molar-refractivity contribution is 5.95. The van der Waals surface area contributed by atoms with E-state index in [2.05, 4.69) is 38.9 Å². The molecule has 1 aliphatic rings. The summed E-state index contributed by atoms with van der Waals surface area (Å²) in [6.07, 6.45) is 3.71. The van der Waals surface area contributed by atoms with Gasteiger partial charge in [0.1, 0.15) is 11.6 Å². The fraction of sp³-hybridized carbons (Fsp3) is 0.333.